The molecule has 0 spiro atoms. The van der Waals surface area contributed by atoms with Crippen LogP contribution in [0, 0.1) is 5.82 Å². The first kappa shape index (κ1) is 17.6. The van der Waals surface area contributed by atoms with Crippen molar-refractivity contribution in [1.82, 2.24) is 25.1 Å². The number of tetrazole rings is 1. The highest BCUT2D eigenvalue weighted by Gasteiger charge is 2.19. The lowest BCUT2D eigenvalue weighted by molar-refractivity contribution is -0.126. The lowest BCUT2D eigenvalue weighted by Gasteiger charge is -2.26. The van der Waals surface area contributed by atoms with E-state index in [0.29, 0.717) is 17.4 Å². The minimum absolute atomic E-state index is 0.0365. The second-order valence-corrected chi connectivity index (χ2v) is 6.66. The number of hydrogen-bond donors (Lipinski definition) is 0. The summed E-state index contributed by atoms with van der Waals surface area (Å²) in [6.45, 7) is 2.63. The molecule has 2 aromatic rings. The van der Waals surface area contributed by atoms with Crippen LogP contribution in [0.2, 0.25) is 0 Å². The number of amides is 1. The summed E-state index contributed by atoms with van der Waals surface area (Å²) in [5.74, 6) is -0.0863. The third-order valence-corrected chi connectivity index (χ3v) is 4.95. The lowest BCUT2D eigenvalue weighted by Crippen LogP contribution is -2.32. The van der Waals surface area contributed by atoms with Gasteiger partial charge in [-0.1, -0.05) is 23.9 Å². The van der Waals surface area contributed by atoms with Crippen molar-refractivity contribution in [3.05, 3.63) is 41.9 Å². The maximum Gasteiger partial charge on any atom is 0.237 e. The third kappa shape index (κ3) is 4.25. The minimum Gasteiger partial charge on any atom is -0.316 e. The molecule has 132 valence electrons. The molecule has 1 aromatic heterocycles. The standard InChI is InChI=1S/C17H20FN5OS/c1-2-22(14-8-4-3-5-9-14)16(24)12-25-17-19-20-21-23(17)15-10-6-7-13(18)11-15/h6-8,10-11H,2-5,9,12H2,1H3. The number of rotatable bonds is 6. The van der Waals surface area contributed by atoms with E-state index >= 15 is 0 Å². The van der Waals surface area contributed by atoms with Gasteiger partial charge in [0.25, 0.3) is 0 Å². The maximum atomic E-state index is 13.4. The number of benzene rings is 1. The van der Waals surface area contributed by atoms with Gasteiger partial charge in [0.2, 0.25) is 11.1 Å². The fourth-order valence-electron chi connectivity index (χ4n) is 2.85. The van der Waals surface area contributed by atoms with Crippen molar-refractivity contribution in [2.45, 2.75) is 37.8 Å². The molecule has 3 rings (SSSR count). The summed E-state index contributed by atoms with van der Waals surface area (Å²) >= 11 is 1.26. The van der Waals surface area contributed by atoms with E-state index in [4.69, 9.17) is 0 Å². The molecule has 0 radical (unpaired) electrons. The molecular weight excluding hydrogens is 341 g/mol. The number of carbonyl (C=O) groups is 1. The molecule has 1 heterocycles. The van der Waals surface area contributed by atoms with Crippen molar-refractivity contribution in [1.29, 1.82) is 0 Å². The van der Waals surface area contributed by atoms with Crippen LogP contribution in [0.3, 0.4) is 0 Å². The number of hydrogen-bond acceptors (Lipinski definition) is 5. The Morgan fingerprint density at radius 1 is 1.40 bits per heavy atom. The Hall–Kier alpha value is -2.22. The Labute approximate surface area is 150 Å². The fraction of sp³-hybridized carbons (Fsp3) is 0.412. The highest BCUT2D eigenvalue weighted by atomic mass is 32.2. The smallest absolute Gasteiger partial charge is 0.237 e. The molecule has 1 aliphatic rings. The van der Waals surface area contributed by atoms with E-state index in [1.54, 1.807) is 12.1 Å². The van der Waals surface area contributed by atoms with E-state index in [2.05, 4.69) is 21.6 Å². The summed E-state index contributed by atoms with van der Waals surface area (Å²) in [5, 5.41) is 12.0. The zero-order valence-corrected chi connectivity index (χ0v) is 14.9. The molecule has 0 saturated heterocycles. The average Bonchev–Trinajstić information content (AvgIpc) is 3.10. The van der Waals surface area contributed by atoms with E-state index in [1.807, 2.05) is 11.8 Å². The van der Waals surface area contributed by atoms with Crippen LogP contribution in [-0.4, -0.2) is 43.3 Å². The van der Waals surface area contributed by atoms with Crippen LogP contribution in [0.15, 0.2) is 41.2 Å². The molecule has 8 heteroatoms. The Balaban J connectivity index is 1.68. The van der Waals surface area contributed by atoms with Gasteiger partial charge in [-0.05, 0) is 61.2 Å². The monoisotopic (exact) mass is 361 g/mol. The molecule has 0 unspecified atom stereocenters. The largest absolute Gasteiger partial charge is 0.316 e. The first-order chi connectivity index (χ1) is 12.2. The van der Waals surface area contributed by atoms with Gasteiger partial charge in [-0.3, -0.25) is 4.79 Å². The highest BCUT2D eigenvalue weighted by Crippen LogP contribution is 2.23. The predicted molar refractivity (Wildman–Crippen MR) is 93.8 cm³/mol. The van der Waals surface area contributed by atoms with Crippen molar-refractivity contribution in [2.75, 3.05) is 12.3 Å². The zero-order valence-electron chi connectivity index (χ0n) is 14.1. The Bertz CT molecular complexity index is 776. The van der Waals surface area contributed by atoms with E-state index < -0.39 is 0 Å². The van der Waals surface area contributed by atoms with Crippen LogP contribution in [0.25, 0.3) is 5.69 Å². The molecule has 1 amide bonds. The van der Waals surface area contributed by atoms with E-state index in [-0.39, 0.29) is 17.5 Å². The van der Waals surface area contributed by atoms with Crippen molar-refractivity contribution in [2.24, 2.45) is 0 Å². The Morgan fingerprint density at radius 2 is 2.28 bits per heavy atom. The number of aromatic nitrogens is 4. The number of carbonyl (C=O) groups excluding carboxylic acids is 1. The van der Waals surface area contributed by atoms with Gasteiger partial charge in [-0.25, -0.2) is 4.39 Å². The van der Waals surface area contributed by atoms with Crippen LogP contribution >= 0.6 is 11.8 Å². The topological polar surface area (TPSA) is 63.9 Å². The van der Waals surface area contributed by atoms with Gasteiger partial charge in [0.1, 0.15) is 5.82 Å². The van der Waals surface area contributed by atoms with Crippen molar-refractivity contribution in [3.63, 3.8) is 0 Å². The summed E-state index contributed by atoms with van der Waals surface area (Å²) in [6, 6.07) is 6.03. The van der Waals surface area contributed by atoms with Crippen molar-refractivity contribution >= 4 is 17.7 Å². The number of thioether (sulfide) groups is 1. The Kier molecular flexibility index (Phi) is 5.80. The first-order valence-corrected chi connectivity index (χ1v) is 9.34. The second-order valence-electron chi connectivity index (χ2n) is 5.72. The second kappa shape index (κ2) is 8.24. The van der Waals surface area contributed by atoms with Crippen LogP contribution in [0.5, 0.6) is 0 Å². The molecule has 1 aliphatic carbocycles. The molecule has 6 nitrogen and oxygen atoms in total. The zero-order chi connectivity index (χ0) is 17.6. The maximum absolute atomic E-state index is 13.4. The van der Waals surface area contributed by atoms with Crippen molar-refractivity contribution < 1.29 is 9.18 Å². The lowest BCUT2D eigenvalue weighted by atomic mass is 10.0. The molecule has 1 aromatic carbocycles. The summed E-state index contributed by atoms with van der Waals surface area (Å²) < 4.78 is 14.8. The van der Waals surface area contributed by atoms with E-state index in [1.165, 1.54) is 35.0 Å². The fourth-order valence-corrected chi connectivity index (χ4v) is 3.62. The van der Waals surface area contributed by atoms with Gasteiger partial charge in [0.05, 0.1) is 11.4 Å². The van der Waals surface area contributed by atoms with Crippen LogP contribution in [0.1, 0.15) is 32.6 Å². The molecule has 0 bridgehead atoms. The number of allylic oxidation sites excluding steroid dienone is 2. The van der Waals surface area contributed by atoms with E-state index in [0.717, 1.165) is 25.0 Å². The highest BCUT2D eigenvalue weighted by molar-refractivity contribution is 7.99. The van der Waals surface area contributed by atoms with Gasteiger partial charge >= 0.3 is 0 Å². The summed E-state index contributed by atoms with van der Waals surface area (Å²) in [4.78, 5) is 14.4. The molecule has 0 aliphatic heterocycles. The third-order valence-electron chi connectivity index (χ3n) is 4.05. The van der Waals surface area contributed by atoms with Crippen LogP contribution in [-0.2, 0) is 4.79 Å². The SMILES string of the molecule is CCN(C(=O)CSc1nnnn1-c1cccc(F)c1)C1=CCCCC1. The van der Waals surface area contributed by atoms with Gasteiger partial charge in [-0.2, -0.15) is 4.68 Å². The molecule has 0 fully saturated rings. The van der Waals surface area contributed by atoms with Crippen LogP contribution < -0.4 is 0 Å². The molecular formula is C17H20FN5OS. The van der Waals surface area contributed by atoms with Gasteiger partial charge in [0.15, 0.2) is 0 Å². The molecule has 0 N–H and O–H groups in total. The summed E-state index contributed by atoms with van der Waals surface area (Å²) in [7, 11) is 0. The Morgan fingerprint density at radius 3 is 3.00 bits per heavy atom. The molecule has 0 atom stereocenters. The average molecular weight is 361 g/mol. The van der Waals surface area contributed by atoms with Crippen LogP contribution in [0.4, 0.5) is 4.39 Å². The van der Waals surface area contributed by atoms with Gasteiger partial charge < -0.3 is 4.90 Å². The van der Waals surface area contributed by atoms with E-state index in [9.17, 15) is 9.18 Å². The minimum atomic E-state index is -0.360. The van der Waals surface area contributed by atoms with Crippen molar-refractivity contribution in [3.8, 4) is 5.69 Å². The molecule has 25 heavy (non-hydrogen) atoms. The van der Waals surface area contributed by atoms with Gasteiger partial charge in [0, 0.05) is 12.2 Å². The number of nitrogens with zero attached hydrogens (tertiary/aromatic N) is 5. The first-order valence-electron chi connectivity index (χ1n) is 8.35. The van der Waals surface area contributed by atoms with Gasteiger partial charge in [-0.15, -0.1) is 5.10 Å². The molecule has 0 saturated carbocycles. The summed E-state index contributed by atoms with van der Waals surface area (Å²) in [5.41, 5.74) is 1.64. The normalized spacial score (nSPS) is 14.2. The number of halogens is 1. The predicted octanol–water partition coefficient (Wildman–Crippen LogP) is 3.20. The summed E-state index contributed by atoms with van der Waals surface area (Å²) in [6.07, 6.45) is 6.45. The quantitative estimate of drug-likeness (QED) is 0.740.